The highest BCUT2D eigenvalue weighted by molar-refractivity contribution is 6.11. The lowest BCUT2D eigenvalue weighted by Gasteiger charge is -2.11. The molecule has 0 aromatic heterocycles. The Labute approximate surface area is 108 Å². The fourth-order valence-corrected chi connectivity index (χ4v) is 2.14. The van der Waals surface area contributed by atoms with Crippen LogP contribution in [-0.4, -0.2) is 5.78 Å². The van der Waals surface area contributed by atoms with Crippen molar-refractivity contribution in [1.29, 1.82) is 0 Å². The Morgan fingerprint density at radius 3 is 1.50 bits per heavy atom. The number of benzene rings is 2. The summed E-state index contributed by atoms with van der Waals surface area (Å²) in [5.41, 5.74) is 6.08. The van der Waals surface area contributed by atoms with Crippen LogP contribution in [0.2, 0.25) is 0 Å². The van der Waals surface area contributed by atoms with Crippen LogP contribution >= 0.6 is 0 Å². The molecule has 0 spiro atoms. The van der Waals surface area contributed by atoms with E-state index in [4.69, 9.17) is 0 Å². The molecule has 1 heteroatoms. The third-order valence-corrected chi connectivity index (χ3v) is 3.70. The molecule has 2 rings (SSSR count). The Kier molecular flexibility index (Phi) is 3.33. The quantitative estimate of drug-likeness (QED) is 0.718. The Hall–Kier alpha value is -1.89. The van der Waals surface area contributed by atoms with E-state index in [0.717, 1.165) is 33.4 Å². The Bertz CT molecular complexity index is 556. The smallest absolute Gasteiger partial charge is 0.193 e. The van der Waals surface area contributed by atoms with Crippen LogP contribution in [-0.2, 0) is 0 Å². The molecule has 0 heterocycles. The highest BCUT2D eigenvalue weighted by Crippen LogP contribution is 2.20. The zero-order valence-corrected chi connectivity index (χ0v) is 11.4. The van der Waals surface area contributed by atoms with Gasteiger partial charge in [-0.2, -0.15) is 0 Å². The van der Waals surface area contributed by atoms with Gasteiger partial charge in [-0.05, 0) is 49.9 Å². The molecule has 0 fully saturated rings. The van der Waals surface area contributed by atoms with Crippen molar-refractivity contribution in [3.63, 3.8) is 0 Å². The normalized spacial score (nSPS) is 10.4. The minimum atomic E-state index is 0.123. The van der Waals surface area contributed by atoms with Crippen molar-refractivity contribution >= 4 is 5.78 Å². The molecule has 0 bridgehead atoms. The molecule has 0 unspecified atom stereocenters. The number of aryl methyl sites for hydroxylation is 2. The lowest BCUT2D eigenvalue weighted by atomic mass is 9.92. The molecule has 0 aliphatic heterocycles. The van der Waals surface area contributed by atoms with Gasteiger partial charge in [0.05, 0.1) is 0 Å². The second-order valence-corrected chi connectivity index (χ2v) is 4.82. The van der Waals surface area contributed by atoms with E-state index in [1.807, 2.05) is 64.1 Å². The first-order valence-corrected chi connectivity index (χ1v) is 6.19. The summed E-state index contributed by atoms with van der Waals surface area (Å²) in [5, 5.41) is 0. The van der Waals surface area contributed by atoms with Crippen LogP contribution in [0.3, 0.4) is 0 Å². The van der Waals surface area contributed by atoms with Gasteiger partial charge in [-0.1, -0.05) is 36.4 Å². The van der Waals surface area contributed by atoms with Gasteiger partial charge in [0.15, 0.2) is 5.78 Å². The molecule has 2 aromatic carbocycles. The molecule has 0 saturated carbocycles. The fourth-order valence-electron chi connectivity index (χ4n) is 2.14. The highest BCUT2D eigenvalue weighted by Gasteiger charge is 2.15. The lowest BCUT2D eigenvalue weighted by Crippen LogP contribution is -2.07. The van der Waals surface area contributed by atoms with Crippen molar-refractivity contribution < 1.29 is 4.79 Å². The number of hydrogen-bond donors (Lipinski definition) is 0. The Morgan fingerprint density at radius 1 is 0.722 bits per heavy atom. The summed E-state index contributed by atoms with van der Waals surface area (Å²) >= 11 is 0. The lowest BCUT2D eigenvalue weighted by molar-refractivity contribution is 0.103. The predicted octanol–water partition coefficient (Wildman–Crippen LogP) is 4.15. The molecule has 0 N–H and O–H groups in total. The van der Waals surface area contributed by atoms with E-state index in [2.05, 4.69) is 0 Å². The number of hydrogen-bond acceptors (Lipinski definition) is 1. The minimum absolute atomic E-state index is 0.123. The first kappa shape index (κ1) is 12.6. The Morgan fingerprint density at radius 2 is 1.11 bits per heavy atom. The summed E-state index contributed by atoms with van der Waals surface area (Å²) < 4.78 is 0. The van der Waals surface area contributed by atoms with Crippen LogP contribution < -0.4 is 0 Å². The van der Waals surface area contributed by atoms with E-state index in [9.17, 15) is 4.79 Å². The summed E-state index contributed by atoms with van der Waals surface area (Å²) in [6.45, 7) is 8.09. The van der Waals surface area contributed by atoms with Crippen LogP contribution in [0.15, 0.2) is 36.4 Å². The number of carbonyl (C=O) groups is 1. The van der Waals surface area contributed by atoms with E-state index < -0.39 is 0 Å². The molecule has 1 nitrogen and oxygen atoms in total. The third kappa shape index (κ3) is 2.08. The summed E-state index contributed by atoms with van der Waals surface area (Å²) in [6, 6.07) is 11.8. The van der Waals surface area contributed by atoms with Gasteiger partial charge < -0.3 is 0 Å². The van der Waals surface area contributed by atoms with E-state index in [-0.39, 0.29) is 5.78 Å². The summed E-state index contributed by atoms with van der Waals surface area (Å²) in [4.78, 5) is 12.6. The van der Waals surface area contributed by atoms with Crippen LogP contribution in [0.25, 0.3) is 0 Å². The minimum Gasteiger partial charge on any atom is -0.289 e. The van der Waals surface area contributed by atoms with Crippen LogP contribution in [0.5, 0.6) is 0 Å². The largest absolute Gasteiger partial charge is 0.289 e. The van der Waals surface area contributed by atoms with E-state index in [1.54, 1.807) is 0 Å². The molecule has 18 heavy (non-hydrogen) atoms. The summed E-state index contributed by atoms with van der Waals surface area (Å²) in [5.74, 6) is 0.123. The molecule has 0 amide bonds. The maximum atomic E-state index is 12.6. The van der Waals surface area contributed by atoms with Gasteiger partial charge in [-0.3, -0.25) is 4.79 Å². The predicted molar refractivity (Wildman–Crippen MR) is 75.3 cm³/mol. The second-order valence-electron chi connectivity index (χ2n) is 4.82. The van der Waals surface area contributed by atoms with Gasteiger partial charge in [-0.25, -0.2) is 0 Å². The van der Waals surface area contributed by atoms with Crippen molar-refractivity contribution in [2.45, 2.75) is 27.7 Å². The van der Waals surface area contributed by atoms with Gasteiger partial charge in [0.25, 0.3) is 0 Å². The van der Waals surface area contributed by atoms with Crippen molar-refractivity contribution in [3.8, 4) is 0 Å². The zero-order valence-electron chi connectivity index (χ0n) is 11.4. The van der Waals surface area contributed by atoms with Gasteiger partial charge in [0, 0.05) is 11.1 Å². The van der Waals surface area contributed by atoms with Crippen molar-refractivity contribution in [1.82, 2.24) is 0 Å². The van der Waals surface area contributed by atoms with E-state index in [1.165, 1.54) is 0 Å². The highest BCUT2D eigenvalue weighted by atomic mass is 16.1. The van der Waals surface area contributed by atoms with Crippen molar-refractivity contribution in [2.24, 2.45) is 0 Å². The third-order valence-electron chi connectivity index (χ3n) is 3.70. The standard InChI is InChI=1S/C17H18O/c1-11-7-5-9-15(13(11)3)17(18)16-10-6-8-12(2)14(16)4/h5-10H,1-4H3. The maximum Gasteiger partial charge on any atom is 0.193 e. The molecule has 0 aliphatic carbocycles. The molecule has 92 valence electrons. The molecule has 0 aliphatic rings. The molecule has 0 saturated heterocycles. The van der Waals surface area contributed by atoms with E-state index >= 15 is 0 Å². The number of rotatable bonds is 2. The number of carbonyl (C=O) groups excluding carboxylic acids is 1. The SMILES string of the molecule is Cc1cccc(C(=O)c2cccc(C)c2C)c1C. The fraction of sp³-hybridized carbons (Fsp3) is 0.235. The first-order valence-electron chi connectivity index (χ1n) is 6.19. The summed E-state index contributed by atoms with van der Waals surface area (Å²) in [7, 11) is 0. The van der Waals surface area contributed by atoms with E-state index in [0.29, 0.717) is 0 Å². The van der Waals surface area contributed by atoms with Crippen LogP contribution in [0.4, 0.5) is 0 Å². The van der Waals surface area contributed by atoms with Gasteiger partial charge in [0.2, 0.25) is 0 Å². The average Bonchev–Trinajstić information content (AvgIpc) is 2.35. The monoisotopic (exact) mass is 238 g/mol. The van der Waals surface area contributed by atoms with Gasteiger partial charge in [-0.15, -0.1) is 0 Å². The number of ketones is 1. The molecule has 2 aromatic rings. The van der Waals surface area contributed by atoms with Crippen molar-refractivity contribution in [3.05, 3.63) is 69.8 Å². The Balaban J connectivity index is 2.55. The maximum absolute atomic E-state index is 12.6. The first-order chi connectivity index (χ1) is 8.52. The second kappa shape index (κ2) is 4.77. The molecular weight excluding hydrogens is 220 g/mol. The molecule has 0 radical (unpaired) electrons. The van der Waals surface area contributed by atoms with Gasteiger partial charge in [0.1, 0.15) is 0 Å². The zero-order chi connectivity index (χ0) is 13.3. The average molecular weight is 238 g/mol. The van der Waals surface area contributed by atoms with Gasteiger partial charge >= 0.3 is 0 Å². The van der Waals surface area contributed by atoms with Crippen LogP contribution in [0, 0.1) is 27.7 Å². The topological polar surface area (TPSA) is 17.1 Å². The van der Waals surface area contributed by atoms with Crippen molar-refractivity contribution in [2.75, 3.05) is 0 Å². The summed E-state index contributed by atoms with van der Waals surface area (Å²) in [6.07, 6.45) is 0. The molecular formula is C17H18O. The van der Waals surface area contributed by atoms with Crippen LogP contribution in [0.1, 0.15) is 38.2 Å². The molecule has 0 atom stereocenters.